The molecule has 1 atom stereocenters. The Morgan fingerprint density at radius 3 is 2.88 bits per heavy atom. The van der Waals surface area contributed by atoms with Gasteiger partial charge in [0.15, 0.2) is 0 Å². The number of rotatable bonds is 6. The molecule has 4 nitrogen and oxygen atoms in total. The molecule has 0 spiro atoms. The molecule has 0 aromatic carbocycles. The first-order valence-electron chi connectivity index (χ1n) is 5.16. The summed E-state index contributed by atoms with van der Waals surface area (Å²) in [5.74, 6) is 0.381. The van der Waals surface area contributed by atoms with Crippen molar-refractivity contribution in [1.29, 1.82) is 0 Å². The minimum Gasteiger partial charge on any atom is -0.393 e. The largest absolute Gasteiger partial charge is 0.393 e. The fourth-order valence-electron chi connectivity index (χ4n) is 1.05. The Labute approximate surface area is 99.5 Å². The van der Waals surface area contributed by atoms with E-state index < -0.39 is 0 Å². The SMILES string of the molecule is CC(O)CCNC(=O)CSc1ccncc1. The highest BCUT2D eigenvalue weighted by molar-refractivity contribution is 8.00. The monoisotopic (exact) mass is 240 g/mol. The van der Waals surface area contributed by atoms with Gasteiger partial charge in [0.25, 0.3) is 0 Å². The molecule has 1 amide bonds. The van der Waals surface area contributed by atoms with E-state index in [9.17, 15) is 4.79 Å². The quantitative estimate of drug-likeness (QED) is 0.730. The zero-order chi connectivity index (χ0) is 11.8. The molecular formula is C11H16N2O2S. The van der Waals surface area contributed by atoms with Crippen LogP contribution >= 0.6 is 11.8 Å². The Morgan fingerprint density at radius 1 is 1.56 bits per heavy atom. The number of nitrogens with zero attached hydrogens (tertiary/aromatic N) is 1. The third kappa shape index (κ3) is 5.72. The van der Waals surface area contributed by atoms with Gasteiger partial charge < -0.3 is 10.4 Å². The van der Waals surface area contributed by atoms with Gasteiger partial charge in [0.1, 0.15) is 0 Å². The van der Waals surface area contributed by atoms with E-state index in [4.69, 9.17) is 5.11 Å². The number of hydrogen-bond donors (Lipinski definition) is 2. The van der Waals surface area contributed by atoms with Crippen LogP contribution in [0.1, 0.15) is 13.3 Å². The number of aromatic nitrogens is 1. The van der Waals surface area contributed by atoms with Crippen molar-refractivity contribution >= 4 is 17.7 Å². The van der Waals surface area contributed by atoms with Crippen LogP contribution in [0.3, 0.4) is 0 Å². The summed E-state index contributed by atoms with van der Waals surface area (Å²) in [6, 6.07) is 3.74. The van der Waals surface area contributed by atoms with Gasteiger partial charge >= 0.3 is 0 Å². The molecule has 0 radical (unpaired) electrons. The van der Waals surface area contributed by atoms with E-state index in [-0.39, 0.29) is 12.0 Å². The number of nitrogens with one attached hydrogen (secondary N) is 1. The molecule has 0 fully saturated rings. The van der Waals surface area contributed by atoms with E-state index in [1.54, 1.807) is 19.3 Å². The van der Waals surface area contributed by atoms with Crippen molar-refractivity contribution < 1.29 is 9.90 Å². The lowest BCUT2D eigenvalue weighted by Crippen LogP contribution is -2.27. The van der Waals surface area contributed by atoms with Crippen LogP contribution in [0.15, 0.2) is 29.4 Å². The summed E-state index contributed by atoms with van der Waals surface area (Å²) in [7, 11) is 0. The lowest BCUT2D eigenvalue weighted by atomic mass is 10.3. The molecule has 5 heteroatoms. The van der Waals surface area contributed by atoms with Crippen LogP contribution in [-0.2, 0) is 4.79 Å². The summed E-state index contributed by atoms with van der Waals surface area (Å²) < 4.78 is 0. The molecule has 88 valence electrons. The van der Waals surface area contributed by atoms with E-state index in [2.05, 4.69) is 10.3 Å². The predicted octanol–water partition coefficient (Wildman–Crippen LogP) is 1.06. The van der Waals surface area contributed by atoms with Crippen LogP contribution in [0.4, 0.5) is 0 Å². The van der Waals surface area contributed by atoms with Crippen molar-refractivity contribution in [2.24, 2.45) is 0 Å². The summed E-state index contributed by atoms with van der Waals surface area (Å²) in [4.78, 5) is 16.3. The highest BCUT2D eigenvalue weighted by Gasteiger charge is 2.02. The third-order valence-corrected chi connectivity index (χ3v) is 2.92. The molecule has 1 heterocycles. The molecule has 1 unspecified atom stereocenters. The third-order valence-electron chi connectivity index (χ3n) is 1.90. The molecule has 0 aliphatic heterocycles. The number of aliphatic hydroxyl groups is 1. The molecule has 1 rings (SSSR count). The first kappa shape index (κ1) is 13.0. The summed E-state index contributed by atoms with van der Waals surface area (Å²) in [5, 5.41) is 11.8. The second-order valence-electron chi connectivity index (χ2n) is 3.46. The molecule has 0 aliphatic carbocycles. The standard InChI is InChI=1S/C11H16N2O2S/c1-9(14)2-7-13-11(15)8-16-10-3-5-12-6-4-10/h3-6,9,14H,2,7-8H2,1H3,(H,13,15). The number of carbonyl (C=O) groups is 1. The van der Waals surface area contributed by atoms with Crippen LogP contribution in [0.25, 0.3) is 0 Å². The van der Waals surface area contributed by atoms with Gasteiger partial charge in [0, 0.05) is 23.8 Å². The predicted molar refractivity (Wildman–Crippen MR) is 64.3 cm³/mol. The molecule has 0 bridgehead atoms. The fourth-order valence-corrected chi connectivity index (χ4v) is 1.77. The van der Waals surface area contributed by atoms with Crippen LogP contribution in [0.5, 0.6) is 0 Å². The zero-order valence-corrected chi connectivity index (χ0v) is 10.0. The van der Waals surface area contributed by atoms with Crippen molar-refractivity contribution in [3.8, 4) is 0 Å². The smallest absolute Gasteiger partial charge is 0.230 e. The van der Waals surface area contributed by atoms with Gasteiger partial charge in [-0.1, -0.05) is 0 Å². The number of thioether (sulfide) groups is 1. The molecule has 1 aromatic heterocycles. The highest BCUT2D eigenvalue weighted by atomic mass is 32.2. The molecule has 1 aromatic rings. The second-order valence-corrected chi connectivity index (χ2v) is 4.51. The number of amides is 1. The molecular weight excluding hydrogens is 224 g/mol. The first-order chi connectivity index (χ1) is 7.68. The summed E-state index contributed by atoms with van der Waals surface area (Å²) >= 11 is 1.47. The number of hydrogen-bond acceptors (Lipinski definition) is 4. The zero-order valence-electron chi connectivity index (χ0n) is 9.22. The van der Waals surface area contributed by atoms with E-state index in [0.29, 0.717) is 18.7 Å². The van der Waals surface area contributed by atoms with Crippen LogP contribution in [0, 0.1) is 0 Å². The average molecular weight is 240 g/mol. The Kier molecular flexibility index (Phi) is 5.88. The van der Waals surface area contributed by atoms with Gasteiger partial charge in [0.05, 0.1) is 11.9 Å². The second kappa shape index (κ2) is 7.24. The molecule has 2 N–H and O–H groups in total. The number of pyridine rings is 1. The minimum atomic E-state index is -0.367. The highest BCUT2D eigenvalue weighted by Crippen LogP contribution is 2.15. The van der Waals surface area contributed by atoms with Crippen molar-refractivity contribution in [2.75, 3.05) is 12.3 Å². The Hall–Kier alpha value is -1.07. The average Bonchev–Trinajstić information content (AvgIpc) is 2.27. The van der Waals surface area contributed by atoms with Gasteiger partial charge in [-0.15, -0.1) is 11.8 Å². The van der Waals surface area contributed by atoms with E-state index >= 15 is 0 Å². The maximum Gasteiger partial charge on any atom is 0.230 e. The van der Waals surface area contributed by atoms with Gasteiger partial charge in [-0.3, -0.25) is 9.78 Å². The summed E-state index contributed by atoms with van der Waals surface area (Å²) in [6.45, 7) is 2.23. The van der Waals surface area contributed by atoms with Gasteiger partial charge in [0.2, 0.25) is 5.91 Å². The van der Waals surface area contributed by atoms with Crippen molar-refractivity contribution in [3.05, 3.63) is 24.5 Å². The Bertz CT molecular complexity index is 317. The number of aliphatic hydroxyl groups excluding tert-OH is 1. The maximum absolute atomic E-state index is 11.4. The van der Waals surface area contributed by atoms with Gasteiger partial charge in [-0.05, 0) is 25.5 Å². The lowest BCUT2D eigenvalue weighted by Gasteiger charge is -2.06. The Morgan fingerprint density at radius 2 is 2.25 bits per heavy atom. The maximum atomic E-state index is 11.4. The van der Waals surface area contributed by atoms with Crippen LogP contribution < -0.4 is 5.32 Å². The normalized spacial score (nSPS) is 12.1. The van der Waals surface area contributed by atoms with E-state index in [1.807, 2.05) is 12.1 Å². The van der Waals surface area contributed by atoms with Crippen molar-refractivity contribution in [3.63, 3.8) is 0 Å². The van der Waals surface area contributed by atoms with Gasteiger partial charge in [-0.2, -0.15) is 0 Å². The van der Waals surface area contributed by atoms with E-state index in [0.717, 1.165) is 4.90 Å². The lowest BCUT2D eigenvalue weighted by molar-refractivity contribution is -0.118. The van der Waals surface area contributed by atoms with Crippen LogP contribution in [0.2, 0.25) is 0 Å². The molecule has 0 saturated carbocycles. The van der Waals surface area contributed by atoms with E-state index in [1.165, 1.54) is 11.8 Å². The van der Waals surface area contributed by atoms with Gasteiger partial charge in [-0.25, -0.2) is 0 Å². The summed E-state index contributed by atoms with van der Waals surface area (Å²) in [6.07, 6.45) is 3.63. The molecule has 16 heavy (non-hydrogen) atoms. The minimum absolute atomic E-state index is 0.0116. The number of carbonyl (C=O) groups excluding carboxylic acids is 1. The van der Waals surface area contributed by atoms with Crippen LogP contribution in [-0.4, -0.2) is 34.4 Å². The topological polar surface area (TPSA) is 62.2 Å². The fraction of sp³-hybridized carbons (Fsp3) is 0.455. The Balaban J connectivity index is 2.16. The first-order valence-corrected chi connectivity index (χ1v) is 6.14. The molecule has 0 saturated heterocycles. The molecule has 0 aliphatic rings. The van der Waals surface area contributed by atoms with Crippen molar-refractivity contribution in [1.82, 2.24) is 10.3 Å². The summed E-state index contributed by atoms with van der Waals surface area (Å²) in [5.41, 5.74) is 0. The van der Waals surface area contributed by atoms with Crippen molar-refractivity contribution in [2.45, 2.75) is 24.3 Å².